The molecule has 0 unspecified atom stereocenters. The van der Waals surface area contributed by atoms with Crippen LogP contribution in [0, 0.1) is 0 Å². The second kappa shape index (κ2) is 10.1. The summed E-state index contributed by atoms with van der Waals surface area (Å²) in [6.07, 6.45) is 7.89. The SMILES string of the molecule is CCCCCCCCn1c(NCCc2ccccc2)nc2c1c(=O)[nH]c(=O)n2C. The molecule has 2 aromatic heterocycles. The molecule has 1 aromatic carbocycles. The van der Waals surface area contributed by atoms with Crippen molar-refractivity contribution in [3.8, 4) is 0 Å². The Labute approximate surface area is 170 Å². The first kappa shape index (κ1) is 20.9. The number of aryl methyl sites for hydroxylation is 2. The Kier molecular flexibility index (Phi) is 7.27. The minimum absolute atomic E-state index is 0.377. The highest BCUT2D eigenvalue weighted by Gasteiger charge is 2.16. The molecule has 0 amide bonds. The number of fused-ring (bicyclic) bond motifs is 1. The third-order valence-electron chi connectivity index (χ3n) is 5.28. The van der Waals surface area contributed by atoms with Crippen LogP contribution in [0.25, 0.3) is 11.2 Å². The normalized spacial score (nSPS) is 11.2. The first-order valence-electron chi connectivity index (χ1n) is 10.6. The fraction of sp³-hybridized carbons (Fsp3) is 0.500. The highest BCUT2D eigenvalue weighted by atomic mass is 16.2. The third-order valence-corrected chi connectivity index (χ3v) is 5.28. The Balaban J connectivity index is 1.78. The van der Waals surface area contributed by atoms with Gasteiger partial charge in [0, 0.05) is 20.1 Å². The van der Waals surface area contributed by atoms with Crippen LogP contribution in [0.2, 0.25) is 0 Å². The largest absolute Gasteiger partial charge is 0.355 e. The lowest BCUT2D eigenvalue weighted by Gasteiger charge is -2.10. The van der Waals surface area contributed by atoms with Gasteiger partial charge in [0.2, 0.25) is 5.95 Å². The second-order valence-electron chi connectivity index (χ2n) is 7.51. The van der Waals surface area contributed by atoms with Crippen LogP contribution in [-0.4, -0.2) is 25.6 Å². The molecule has 0 aliphatic carbocycles. The number of rotatable bonds is 11. The zero-order chi connectivity index (χ0) is 20.6. The molecule has 3 rings (SSSR count). The predicted molar refractivity (Wildman–Crippen MR) is 118 cm³/mol. The van der Waals surface area contributed by atoms with Gasteiger partial charge in [0.1, 0.15) is 0 Å². The molecule has 0 saturated heterocycles. The maximum atomic E-state index is 12.5. The zero-order valence-corrected chi connectivity index (χ0v) is 17.4. The van der Waals surface area contributed by atoms with Crippen molar-refractivity contribution in [1.82, 2.24) is 19.1 Å². The zero-order valence-electron chi connectivity index (χ0n) is 17.4. The maximum Gasteiger partial charge on any atom is 0.329 e. The number of aromatic nitrogens is 4. The van der Waals surface area contributed by atoms with Gasteiger partial charge >= 0.3 is 5.69 Å². The van der Waals surface area contributed by atoms with E-state index in [2.05, 4.69) is 34.3 Å². The molecule has 3 aromatic rings. The molecule has 156 valence electrons. The number of benzene rings is 1. The van der Waals surface area contributed by atoms with Gasteiger partial charge < -0.3 is 9.88 Å². The molecule has 0 atom stereocenters. The minimum Gasteiger partial charge on any atom is -0.355 e. The summed E-state index contributed by atoms with van der Waals surface area (Å²) in [5.41, 5.74) is 1.30. The van der Waals surface area contributed by atoms with Gasteiger partial charge in [0.15, 0.2) is 11.2 Å². The number of nitrogens with zero attached hydrogens (tertiary/aromatic N) is 3. The first-order chi connectivity index (χ1) is 14.1. The summed E-state index contributed by atoms with van der Waals surface area (Å²) in [7, 11) is 1.64. The average Bonchev–Trinajstić information content (AvgIpc) is 3.09. The van der Waals surface area contributed by atoms with Gasteiger partial charge in [-0.15, -0.1) is 0 Å². The molecule has 7 nitrogen and oxygen atoms in total. The summed E-state index contributed by atoms with van der Waals surface area (Å²) in [5.74, 6) is 0.649. The third kappa shape index (κ3) is 5.16. The number of imidazole rings is 1. The molecule has 2 heterocycles. The summed E-state index contributed by atoms with van der Waals surface area (Å²) in [5, 5.41) is 3.37. The van der Waals surface area contributed by atoms with E-state index in [-0.39, 0.29) is 5.56 Å². The topological polar surface area (TPSA) is 84.7 Å². The van der Waals surface area contributed by atoms with Gasteiger partial charge in [-0.05, 0) is 18.4 Å². The van der Waals surface area contributed by atoms with Crippen molar-refractivity contribution in [2.75, 3.05) is 11.9 Å². The van der Waals surface area contributed by atoms with Gasteiger partial charge in [0.05, 0.1) is 0 Å². The van der Waals surface area contributed by atoms with Crippen LogP contribution in [0.4, 0.5) is 5.95 Å². The minimum atomic E-state index is -0.442. The summed E-state index contributed by atoms with van der Waals surface area (Å²) in [4.78, 5) is 31.5. The number of aromatic amines is 1. The fourth-order valence-corrected chi connectivity index (χ4v) is 3.60. The van der Waals surface area contributed by atoms with Crippen molar-refractivity contribution in [2.45, 2.75) is 58.4 Å². The summed E-state index contributed by atoms with van der Waals surface area (Å²) < 4.78 is 3.33. The van der Waals surface area contributed by atoms with Crippen LogP contribution >= 0.6 is 0 Å². The van der Waals surface area contributed by atoms with E-state index in [1.165, 1.54) is 35.8 Å². The van der Waals surface area contributed by atoms with E-state index in [9.17, 15) is 9.59 Å². The fourth-order valence-electron chi connectivity index (χ4n) is 3.60. The van der Waals surface area contributed by atoms with Crippen LogP contribution in [0.15, 0.2) is 39.9 Å². The maximum absolute atomic E-state index is 12.5. The monoisotopic (exact) mass is 397 g/mol. The lowest BCUT2D eigenvalue weighted by Crippen LogP contribution is -2.29. The van der Waals surface area contributed by atoms with Gasteiger partial charge in [-0.1, -0.05) is 69.4 Å². The van der Waals surface area contributed by atoms with E-state index in [1.807, 2.05) is 22.8 Å². The summed E-state index contributed by atoms with van der Waals surface area (Å²) in [6.45, 7) is 3.62. The van der Waals surface area contributed by atoms with Crippen molar-refractivity contribution in [1.29, 1.82) is 0 Å². The molecular weight excluding hydrogens is 366 g/mol. The number of H-pyrrole nitrogens is 1. The van der Waals surface area contributed by atoms with Crippen LogP contribution in [0.3, 0.4) is 0 Å². The van der Waals surface area contributed by atoms with Gasteiger partial charge in [-0.3, -0.25) is 14.3 Å². The molecule has 0 radical (unpaired) electrons. The highest BCUT2D eigenvalue weighted by Crippen LogP contribution is 2.17. The Morgan fingerprint density at radius 1 is 1.03 bits per heavy atom. The standard InChI is InChI=1S/C22H31N5O2/c1-3-4-5-6-7-11-16-27-18-19(26(2)22(29)25-20(18)28)24-21(27)23-15-14-17-12-9-8-10-13-17/h8-10,12-13H,3-7,11,14-16H2,1-2H3,(H,23,24)(H,25,28,29). The molecule has 2 N–H and O–H groups in total. The van der Waals surface area contributed by atoms with Crippen LogP contribution in [0.5, 0.6) is 0 Å². The molecule has 0 bridgehead atoms. The van der Waals surface area contributed by atoms with Gasteiger partial charge in [-0.2, -0.15) is 4.98 Å². The number of hydrogen-bond acceptors (Lipinski definition) is 4. The smallest absolute Gasteiger partial charge is 0.329 e. The molecule has 0 spiro atoms. The Bertz CT molecular complexity index is 1030. The predicted octanol–water partition coefficient (Wildman–Crippen LogP) is 3.44. The second-order valence-corrected chi connectivity index (χ2v) is 7.51. The summed E-state index contributed by atoms with van der Waals surface area (Å²) >= 11 is 0. The Morgan fingerprint density at radius 2 is 1.76 bits per heavy atom. The van der Waals surface area contributed by atoms with Crippen molar-refractivity contribution in [3.05, 3.63) is 56.7 Å². The van der Waals surface area contributed by atoms with Gasteiger partial charge in [0.25, 0.3) is 5.56 Å². The highest BCUT2D eigenvalue weighted by molar-refractivity contribution is 5.74. The van der Waals surface area contributed by atoms with Crippen molar-refractivity contribution >= 4 is 17.1 Å². The number of unbranched alkanes of at least 4 members (excludes halogenated alkanes) is 5. The number of hydrogen-bond donors (Lipinski definition) is 2. The van der Waals surface area contributed by atoms with E-state index in [1.54, 1.807) is 7.05 Å². The molecule has 0 aliphatic heterocycles. The Hall–Kier alpha value is -2.83. The van der Waals surface area contributed by atoms with Crippen LogP contribution in [0.1, 0.15) is 51.0 Å². The van der Waals surface area contributed by atoms with Crippen molar-refractivity contribution < 1.29 is 0 Å². The number of anilines is 1. The Morgan fingerprint density at radius 3 is 2.52 bits per heavy atom. The van der Waals surface area contributed by atoms with Crippen molar-refractivity contribution in [3.63, 3.8) is 0 Å². The molecule has 0 fully saturated rings. The van der Waals surface area contributed by atoms with Crippen molar-refractivity contribution in [2.24, 2.45) is 7.05 Å². The number of nitrogens with one attached hydrogen (secondary N) is 2. The molecule has 7 heteroatoms. The van der Waals surface area contributed by atoms with E-state index in [4.69, 9.17) is 0 Å². The quantitative estimate of drug-likeness (QED) is 0.486. The van der Waals surface area contributed by atoms with E-state index >= 15 is 0 Å². The summed E-state index contributed by atoms with van der Waals surface area (Å²) in [6, 6.07) is 10.2. The average molecular weight is 398 g/mol. The van der Waals surface area contributed by atoms with Crippen LogP contribution in [-0.2, 0) is 20.0 Å². The molecule has 0 saturated carbocycles. The molecule has 0 aliphatic rings. The lowest BCUT2D eigenvalue weighted by atomic mass is 10.1. The molecular formula is C22H31N5O2. The van der Waals surface area contributed by atoms with E-state index < -0.39 is 5.69 Å². The van der Waals surface area contributed by atoms with E-state index in [0.717, 1.165) is 19.3 Å². The molecule has 29 heavy (non-hydrogen) atoms. The first-order valence-corrected chi connectivity index (χ1v) is 10.6. The van der Waals surface area contributed by atoms with Crippen LogP contribution < -0.4 is 16.6 Å². The lowest BCUT2D eigenvalue weighted by molar-refractivity contribution is 0.565. The van der Waals surface area contributed by atoms with Gasteiger partial charge in [-0.25, -0.2) is 4.79 Å². The van der Waals surface area contributed by atoms with E-state index in [0.29, 0.717) is 30.2 Å².